The standard InChI is InChI=1S/C14H26N2O2.ClH/c1-18-11-14(6-8-15-9-7-14)10-16-13(17)5-4-12-2-3-12;/h12,15H,2-11H2,1H3,(H,16,17);1H. The molecule has 2 aliphatic rings. The Kier molecular flexibility index (Phi) is 7.11. The van der Waals surface area contributed by atoms with Gasteiger partial charge in [-0.25, -0.2) is 0 Å². The van der Waals surface area contributed by atoms with Crippen molar-refractivity contribution in [1.29, 1.82) is 0 Å². The Morgan fingerprint density at radius 1 is 1.37 bits per heavy atom. The van der Waals surface area contributed by atoms with Gasteiger partial charge >= 0.3 is 0 Å². The molecule has 0 spiro atoms. The molecule has 0 aromatic carbocycles. The van der Waals surface area contributed by atoms with Crippen molar-refractivity contribution in [2.24, 2.45) is 11.3 Å². The largest absolute Gasteiger partial charge is 0.384 e. The van der Waals surface area contributed by atoms with E-state index in [0.29, 0.717) is 6.42 Å². The monoisotopic (exact) mass is 290 g/mol. The topological polar surface area (TPSA) is 50.4 Å². The lowest BCUT2D eigenvalue weighted by Crippen LogP contribution is -2.47. The van der Waals surface area contributed by atoms with Gasteiger partial charge in [-0.3, -0.25) is 4.79 Å². The van der Waals surface area contributed by atoms with Crippen LogP contribution in [0, 0.1) is 11.3 Å². The normalized spacial score (nSPS) is 21.5. The zero-order valence-corrected chi connectivity index (χ0v) is 12.7. The number of hydrogen-bond acceptors (Lipinski definition) is 3. The summed E-state index contributed by atoms with van der Waals surface area (Å²) in [7, 11) is 1.75. The summed E-state index contributed by atoms with van der Waals surface area (Å²) in [4.78, 5) is 11.8. The van der Waals surface area contributed by atoms with E-state index in [0.717, 1.165) is 51.4 Å². The lowest BCUT2D eigenvalue weighted by Gasteiger charge is -2.37. The molecular formula is C14H27ClN2O2. The molecule has 1 aliphatic heterocycles. The Labute approximate surface area is 122 Å². The Morgan fingerprint density at radius 2 is 2.05 bits per heavy atom. The first-order valence-corrected chi connectivity index (χ1v) is 7.20. The maximum absolute atomic E-state index is 11.8. The van der Waals surface area contributed by atoms with Crippen LogP contribution in [0.4, 0.5) is 0 Å². The number of piperidine rings is 1. The van der Waals surface area contributed by atoms with Crippen LogP contribution < -0.4 is 10.6 Å². The number of halogens is 1. The van der Waals surface area contributed by atoms with E-state index in [-0.39, 0.29) is 23.7 Å². The molecular weight excluding hydrogens is 264 g/mol. The van der Waals surface area contributed by atoms with Gasteiger partial charge in [-0.15, -0.1) is 12.4 Å². The van der Waals surface area contributed by atoms with Crippen molar-refractivity contribution in [2.45, 2.75) is 38.5 Å². The van der Waals surface area contributed by atoms with Crippen LogP contribution >= 0.6 is 12.4 Å². The van der Waals surface area contributed by atoms with E-state index in [1.165, 1.54) is 12.8 Å². The molecule has 1 saturated heterocycles. The predicted molar refractivity (Wildman–Crippen MR) is 78.6 cm³/mol. The molecule has 1 saturated carbocycles. The highest BCUT2D eigenvalue weighted by Crippen LogP contribution is 2.33. The number of hydrogen-bond donors (Lipinski definition) is 2. The lowest BCUT2D eigenvalue weighted by atomic mass is 9.79. The Bertz CT molecular complexity index is 271. The summed E-state index contributed by atoms with van der Waals surface area (Å²) in [5.74, 6) is 1.05. The van der Waals surface area contributed by atoms with Crippen molar-refractivity contribution in [3.8, 4) is 0 Å². The second-order valence-corrected chi connectivity index (χ2v) is 5.94. The van der Waals surface area contributed by atoms with E-state index in [1.54, 1.807) is 7.11 Å². The fraction of sp³-hybridized carbons (Fsp3) is 0.929. The third kappa shape index (κ3) is 5.67. The van der Waals surface area contributed by atoms with Gasteiger partial charge in [0.05, 0.1) is 6.61 Å². The van der Waals surface area contributed by atoms with Crippen LogP contribution in [0.3, 0.4) is 0 Å². The summed E-state index contributed by atoms with van der Waals surface area (Å²) in [5, 5.41) is 6.48. The van der Waals surface area contributed by atoms with Crippen molar-refractivity contribution in [3.63, 3.8) is 0 Å². The van der Waals surface area contributed by atoms with Crippen LogP contribution in [0.5, 0.6) is 0 Å². The van der Waals surface area contributed by atoms with Crippen LogP contribution in [0.25, 0.3) is 0 Å². The zero-order valence-electron chi connectivity index (χ0n) is 11.9. The van der Waals surface area contributed by atoms with Crippen LogP contribution in [0.1, 0.15) is 38.5 Å². The second kappa shape index (κ2) is 8.08. The van der Waals surface area contributed by atoms with E-state index >= 15 is 0 Å². The first-order chi connectivity index (χ1) is 8.74. The molecule has 4 nitrogen and oxygen atoms in total. The van der Waals surface area contributed by atoms with Gasteiger partial charge in [0.2, 0.25) is 5.91 Å². The highest BCUT2D eigenvalue weighted by molar-refractivity contribution is 5.85. The molecule has 5 heteroatoms. The molecule has 1 aliphatic carbocycles. The predicted octanol–water partition coefficient (Wildman–Crippen LogP) is 1.73. The zero-order chi connectivity index (χ0) is 12.8. The summed E-state index contributed by atoms with van der Waals surface area (Å²) < 4.78 is 5.35. The highest BCUT2D eigenvalue weighted by Gasteiger charge is 2.32. The van der Waals surface area contributed by atoms with E-state index in [2.05, 4.69) is 10.6 Å². The third-order valence-electron chi connectivity index (χ3n) is 4.25. The first-order valence-electron chi connectivity index (χ1n) is 7.20. The van der Waals surface area contributed by atoms with Crippen LogP contribution in [0.15, 0.2) is 0 Å². The molecule has 2 rings (SSSR count). The van der Waals surface area contributed by atoms with E-state index in [4.69, 9.17) is 4.74 Å². The molecule has 112 valence electrons. The van der Waals surface area contributed by atoms with Crippen LogP contribution in [-0.4, -0.2) is 39.3 Å². The summed E-state index contributed by atoms with van der Waals surface area (Å²) in [6.07, 6.45) is 6.60. The molecule has 19 heavy (non-hydrogen) atoms. The summed E-state index contributed by atoms with van der Waals surface area (Å²) in [5.41, 5.74) is 0.148. The number of amides is 1. The second-order valence-electron chi connectivity index (χ2n) is 5.94. The van der Waals surface area contributed by atoms with Gasteiger partial charge in [-0.05, 0) is 38.3 Å². The molecule has 0 aromatic heterocycles. The van der Waals surface area contributed by atoms with Crippen molar-refractivity contribution in [2.75, 3.05) is 33.4 Å². The maximum atomic E-state index is 11.8. The van der Waals surface area contributed by atoms with Gasteiger partial charge in [-0.1, -0.05) is 12.8 Å². The fourth-order valence-electron chi connectivity index (χ4n) is 2.75. The van der Waals surface area contributed by atoms with Gasteiger partial charge in [0.15, 0.2) is 0 Å². The van der Waals surface area contributed by atoms with Crippen LogP contribution in [0.2, 0.25) is 0 Å². The van der Waals surface area contributed by atoms with Crippen molar-refractivity contribution in [3.05, 3.63) is 0 Å². The average Bonchev–Trinajstić information content (AvgIpc) is 3.20. The summed E-state index contributed by atoms with van der Waals surface area (Å²) in [6, 6.07) is 0. The minimum Gasteiger partial charge on any atom is -0.384 e. The number of rotatable bonds is 7. The quantitative estimate of drug-likeness (QED) is 0.751. The number of nitrogens with one attached hydrogen (secondary N) is 2. The molecule has 1 amide bonds. The molecule has 0 radical (unpaired) electrons. The molecule has 2 fully saturated rings. The Hall–Kier alpha value is -0.320. The molecule has 1 heterocycles. The summed E-state index contributed by atoms with van der Waals surface area (Å²) in [6.45, 7) is 3.58. The Morgan fingerprint density at radius 3 is 2.63 bits per heavy atom. The van der Waals surface area contributed by atoms with Crippen LogP contribution in [-0.2, 0) is 9.53 Å². The number of carbonyl (C=O) groups excluding carboxylic acids is 1. The van der Waals surface area contributed by atoms with Gasteiger partial charge < -0.3 is 15.4 Å². The van der Waals surface area contributed by atoms with Gasteiger partial charge in [0, 0.05) is 25.5 Å². The average molecular weight is 291 g/mol. The molecule has 0 atom stereocenters. The lowest BCUT2D eigenvalue weighted by molar-refractivity contribution is -0.122. The SMILES string of the molecule is COCC1(CNC(=O)CCC2CC2)CCNCC1.Cl. The van der Waals surface area contributed by atoms with Gasteiger partial charge in [0.25, 0.3) is 0 Å². The highest BCUT2D eigenvalue weighted by atomic mass is 35.5. The van der Waals surface area contributed by atoms with Gasteiger partial charge in [0.1, 0.15) is 0 Å². The molecule has 0 bridgehead atoms. The van der Waals surface area contributed by atoms with E-state index in [1.807, 2.05) is 0 Å². The van der Waals surface area contributed by atoms with Crippen molar-refractivity contribution >= 4 is 18.3 Å². The van der Waals surface area contributed by atoms with Crippen molar-refractivity contribution < 1.29 is 9.53 Å². The third-order valence-corrected chi connectivity index (χ3v) is 4.25. The molecule has 0 aromatic rings. The minimum atomic E-state index is 0. The molecule has 2 N–H and O–H groups in total. The number of ether oxygens (including phenoxy) is 1. The van der Waals surface area contributed by atoms with Crippen molar-refractivity contribution in [1.82, 2.24) is 10.6 Å². The molecule has 0 unspecified atom stereocenters. The fourth-order valence-corrected chi connectivity index (χ4v) is 2.75. The number of methoxy groups -OCH3 is 1. The Balaban J connectivity index is 0.00000180. The maximum Gasteiger partial charge on any atom is 0.220 e. The summed E-state index contributed by atoms with van der Waals surface area (Å²) >= 11 is 0. The first kappa shape index (κ1) is 16.7. The van der Waals surface area contributed by atoms with E-state index in [9.17, 15) is 4.79 Å². The number of carbonyl (C=O) groups is 1. The van der Waals surface area contributed by atoms with E-state index < -0.39 is 0 Å². The van der Waals surface area contributed by atoms with Gasteiger partial charge in [-0.2, -0.15) is 0 Å². The smallest absolute Gasteiger partial charge is 0.220 e. The minimum absolute atomic E-state index is 0.